The molecular weight excluding hydrogens is 280 g/mol. The number of nitrogens with zero attached hydrogens (tertiary/aromatic N) is 3. The van der Waals surface area contributed by atoms with Crippen molar-refractivity contribution in [3.8, 4) is 5.88 Å². The summed E-state index contributed by atoms with van der Waals surface area (Å²) in [6.07, 6.45) is 2.58. The molecule has 3 aromatic rings. The van der Waals surface area contributed by atoms with Crippen LogP contribution in [0.2, 0.25) is 0 Å². The van der Waals surface area contributed by atoms with Gasteiger partial charge in [-0.15, -0.1) is 5.10 Å². The number of carbonyl (C=O) groups is 1. The number of benzene rings is 1. The molecule has 0 saturated heterocycles. The first-order valence-electron chi connectivity index (χ1n) is 6.94. The second kappa shape index (κ2) is 5.85. The Balaban J connectivity index is 1.75. The van der Waals surface area contributed by atoms with Crippen LogP contribution in [0.3, 0.4) is 0 Å². The monoisotopic (exact) mass is 296 g/mol. The Morgan fingerprint density at radius 3 is 2.73 bits per heavy atom. The summed E-state index contributed by atoms with van der Waals surface area (Å²) in [4.78, 5) is 16.1. The van der Waals surface area contributed by atoms with Crippen molar-refractivity contribution in [3.63, 3.8) is 0 Å². The van der Waals surface area contributed by atoms with Crippen molar-refractivity contribution in [1.29, 1.82) is 0 Å². The van der Waals surface area contributed by atoms with Gasteiger partial charge in [0.25, 0.3) is 5.91 Å². The van der Waals surface area contributed by atoms with Gasteiger partial charge in [0, 0.05) is 25.1 Å². The van der Waals surface area contributed by atoms with Crippen LogP contribution < -0.4 is 10.1 Å². The van der Waals surface area contributed by atoms with E-state index in [4.69, 9.17) is 4.74 Å². The van der Waals surface area contributed by atoms with Gasteiger partial charge >= 0.3 is 0 Å². The standard InChI is InChI=1S/C16H16N4O2/c1-11(15(21)18-12-7-9-17-10-8-12)22-16-13-5-3-4-6-14(13)20(2)19-16/h3-11H,1-2H3,(H,17,18,21)/t11-/m0/s1. The van der Waals surface area contributed by atoms with Crippen molar-refractivity contribution < 1.29 is 9.53 Å². The Kier molecular flexibility index (Phi) is 3.74. The fraction of sp³-hybridized carbons (Fsp3) is 0.188. The highest BCUT2D eigenvalue weighted by atomic mass is 16.5. The number of rotatable bonds is 4. The molecule has 0 saturated carbocycles. The van der Waals surface area contributed by atoms with Crippen LogP contribution in [0.1, 0.15) is 6.92 Å². The van der Waals surface area contributed by atoms with Crippen LogP contribution in [0.25, 0.3) is 10.9 Å². The largest absolute Gasteiger partial charge is 0.463 e. The number of para-hydroxylation sites is 1. The van der Waals surface area contributed by atoms with E-state index in [0.717, 1.165) is 10.9 Å². The minimum atomic E-state index is -0.661. The maximum atomic E-state index is 12.2. The minimum absolute atomic E-state index is 0.235. The number of ether oxygens (including phenoxy) is 1. The number of anilines is 1. The molecule has 2 heterocycles. The van der Waals surface area contributed by atoms with Crippen LogP contribution in [-0.2, 0) is 11.8 Å². The van der Waals surface area contributed by atoms with Gasteiger partial charge in [-0.25, -0.2) is 0 Å². The molecule has 1 amide bonds. The van der Waals surface area contributed by atoms with Gasteiger partial charge in [-0.2, -0.15) is 0 Å². The van der Waals surface area contributed by atoms with Crippen LogP contribution in [-0.4, -0.2) is 26.8 Å². The quantitative estimate of drug-likeness (QED) is 0.802. The van der Waals surface area contributed by atoms with E-state index in [1.54, 1.807) is 36.1 Å². The fourth-order valence-corrected chi connectivity index (χ4v) is 2.17. The number of aryl methyl sites for hydroxylation is 1. The van der Waals surface area contributed by atoms with Gasteiger partial charge in [0.1, 0.15) is 0 Å². The molecule has 1 N–H and O–H groups in total. The Morgan fingerprint density at radius 2 is 1.95 bits per heavy atom. The highest BCUT2D eigenvalue weighted by Crippen LogP contribution is 2.24. The molecule has 6 nitrogen and oxygen atoms in total. The average Bonchev–Trinajstić information content (AvgIpc) is 2.85. The summed E-state index contributed by atoms with van der Waals surface area (Å²) in [5, 5.41) is 7.98. The Morgan fingerprint density at radius 1 is 1.23 bits per heavy atom. The van der Waals surface area contributed by atoms with E-state index in [9.17, 15) is 4.79 Å². The molecule has 1 aromatic carbocycles. The highest BCUT2D eigenvalue weighted by molar-refractivity contribution is 5.94. The van der Waals surface area contributed by atoms with Crippen molar-refractivity contribution in [2.45, 2.75) is 13.0 Å². The summed E-state index contributed by atoms with van der Waals surface area (Å²) in [6, 6.07) is 11.2. The fourth-order valence-electron chi connectivity index (χ4n) is 2.17. The maximum absolute atomic E-state index is 12.2. The van der Waals surface area contributed by atoms with Crippen molar-refractivity contribution in [1.82, 2.24) is 14.8 Å². The Labute approximate surface area is 127 Å². The molecule has 0 aliphatic carbocycles. The van der Waals surface area contributed by atoms with Gasteiger partial charge in [0.2, 0.25) is 5.88 Å². The summed E-state index contributed by atoms with van der Waals surface area (Å²) in [6.45, 7) is 1.69. The van der Waals surface area contributed by atoms with Crippen molar-refractivity contribution in [2.24, 2.45) is 7.05 Å². The number of carbonyl (C=O) groups excluding carboxylic acids is 1. The van der Waals surface area contributed by atoms with Crippen LogP contribution in [0.5, 0.6) is 5.88 Å². The van der Waals surface area contributed by atoms with E-state index in [-0.39, 0.29) is 5.91 Å². The lowest BCUT2D eigenvalue weighted by Gasteiger charge is -2.13. The molecular formula is C16H16N4O2. The number of hydrogen-bond acceptors (Lipinski definition) is 4. The topological polar surface area (TPSA) is 69.0 Å². The lowest BCUT2D eigenvalue weighted by molar-refractivity contribution is -0.122. The summed E-state index contributed by atoms with van der Waals surface area (Å²) in [5.41, 5.74) is 1.64. The zero-order chi connectivity index (χ0) is 15.5. The molecule has 0 aliphatic rings. The van der Waals surface area contributed by atoms with Crippen LogP contribution in [0, 0.1) is 0 Å². The third kappa shape index (κ3) is 2.76. The summed E-state index contributed by atoms with van der Waals surface area (Å²) < 4.78 is 7.46. The Bertz CT molecular complexity index is 798. The molecule has 2 aromatic heterocycles. The zero-order valence-electron chi connectivity index (χ0n) is 12.4. The third-order valence-electron chi connectivity index (χ3n) is 3.33. The second-order valence-electron chi connectivity index (χ2n) is 4.93. The number of amides is 1. The van der Waals surface area contributed by atoms with Crippen molar-refractivity contribution in [3.05, 3.63) is 48.8 Å². The molecule has 0 spiro atoms. The summed E-state index contributed by atoms with van der Waals surface area (Å²) in [7, 11) is 1.84. The second-order valence-corrected chi connectivity index (χ2v) is 4.93. The van der Waals surface area contributed by atoms with E-state index in [1.807, 2.05) is 31.3 Å². The van der Waals surface area contributed by atoms with E-state index in [1.165, 1.54) is 0 Å². The molecule has 112 valence electrons. The predicted octanol–water partition coefficient (Wildman–Crippen LogP) is 2.37. The molecule has 0 radical (unpaired) electrons. The SMILES string of the molecule is C[C@H](Oc1nn(C)c2ccccc12)C(=O)Nc1ccncc1. The Hall–Kier alpha value is -2.89. The lowest BCUT2D eigenvalue weighted by Crippen LogP contribution is -2.30. The first kappa shape index (κ1) is 14.1. The van der Waals surface area contributed by atoms with Gasteiger partial charge in [-0.3, -0.25) is 14.5 Å². The number of pyridine rings is 1. The van der Waals surface area contributed by atoms with E-state index < -0.39 is 6.10 Å². The number of fused-ring (bicyclic) bond motifs is 1. The minimum Gasteiger partial charge on any atom is -0.463 e. The third-order valence-corrected chi connectivity index (χ3v) is 3.33. The number of hydrogen-bond donors (Lipinski definition) is 1. The first-order valence-corrected chi connectivity index (χ1v) is 6.94. The molecule has 6 heteroatoms. The molecule has 0 fully saturated rings. The lowest BCUT2D eigenvalue weighted by atomic mass is 10.2. The molecule has 3 rings (SSSR count). The van der Waals surface area contributed by atoms with Gasteiger partial charge in [0.05, 0.1) is 10.9 Å². The van der Waals surface area contributed by atoms with E-state index in [0.29, 0.717) is 11.6 Å². The summed E-state index contributed by atoms with van der Waals surface area (Å²) in [5.74, 6) is 0.219. The van der Waals surface area contributed by atoms with Crippen molar-refractivity contribution >= 4 is 22.5 Å². The number of aromatic nitrogens is 3. The van der Waals surface area contributed by atoms with Gasteiger partial charge in [-0.1, -0.05) is 12.1 Å². The molecule has 0 bridgehead atoms. The maximum Gasteiger partial charge on any atom is 0.265 e. The number of nitrogens with one attached hydrogen (secondary N) is 1. The molecule has 1 atom stereocenters. The zero-order valence-corrected chi connectivity index (χ0v) is 12.4. The summed E-state index contributed by atoms with van der Waals surface area (Å²) >= 11 is 0. The van der Waals surface area contributed by atoms with Gasteiger partial charge < -0.3 is 10.1 Å². The molecule has 0 unspecified atom stereocenters. The van der Waals surface area contributed by atoms with Crippen molar-refractivity contribution in [2.75, 3.05) is 5.32 Å². The van der Waals surface area contributed by atoms with E-state index >= 15 is 0 Å². The molecule has 22 heavy (non-hydrogen) atoms. The van der Waals surface area contributed by atoms with E-state index in [2.05, 4.69) is 15.4 Å². The first-order chi connectivity index (χ1) is 10.6. The van der Waals surface area contributed by atoms with Crippen LogP contribution in [0.15, 0.2) is 48.8 Å². The van der Waals surface area contributed by atoms with Crippen LogP contribution >= 0.6 is 0 Å². The normalized spacial score (nSPS) is 12.1. The predicted molar refractivity (Wildman–Crippen MR) is 83.7 cm³/mol. The van der Waals surface area contributed by atoms with Gasteiger partial charge in [0.15, 0.2) is 6.10 Å². The van der Waals surface area contributed by atoms with Crippen LogP contribution in [0.4, 0.5) is 5.69 Å². The average molecular weight is 296 g/mol. The van der Waals surface area contributed by atoms with Gasteiger partial charge in [-0.05, 0) is 31.2 Å². The smallest absolute Gasteiger partial charge is 0.265 e. The highest BCUT2D eigenvalue weighted by Gasteiger charge is 2.18. The molecule has 0 aliphatic heterocycles.